The van der Waals surface area contributed by atoms with Crippen LogP contribution < -0.4 is 15.0 Å². The first-order valence-electron chi connectivity index (χ1n) is 11.0. The van der Waals surface area contributed by atoms with Gasteiger partial charge in [0.25, 0.3) is 0 Å². The standard InChI is InChI=1S/C27H23N3O4S/c1-32-18-12-10-17(11-13-18)30-25(24(29-27(30)35)21-9-5-6-16-28-21)23-15-14-22(34-23)19-7-3-4-8-20(19)26(31)33-2/h3-16,24-25H,1-2H3,(H,29,35)/t24-,25-/m1/s1. The van der Waals surface area contributed by atoms with Crippen LogP contribution in [0.15, 0.2) is 89.5 Å². The van der Waals surface area contributed by atoms with Gasteiger partial charge in [0.1, 0.15) is 23.3 Å². The molecule has 1 saturated heterocycles. The van der Waals surface area contributed by atoms with E-state index in [0.717, 1.165) is 17.1 Å². The Morgan fingerprint density at radius 2 is 1.77 bits per heavy atom. The van der Waals surface area contributed by atoms with Crippen LogP contribution >= 0.6 is 12.2 Å². The number of esters is 1. The van der Waals surface area contributed by atoms with Gasteiger partial charge in [0, 0.05) is 17.4 Å². The van der Waals surface area contributed by atoms with E-state index in [-0.39, 0.29) is 12.1 Å². The Balaban J connectivity index is 1.59. The van der Waals surface area contributed by atoms with Crippen molar-refractivity contribution in [3.05, 3.63) is 102 Å². The zero-order valence-electron chi connectivity index (χ0n) is 19.2. The van der Waals surface area contributed by atoms with Gasteiger partial charge in [-0.15, -0.1) is 0 Å². The fraction of sp³-hybridized carbons (Fsp3) is 0.148. The van der Waals surface area contributed by atoms with Crippen molar-refractivity contribution in [2.24, 2.45) is 0 Å². The van der Waals surface area contributed by atoms with E-state index in [0.29, 0.717) is 27.8 Å². The smallest absolute Gasteiger partial charge is 0.338 e. The molecular weight excluding hydrogens is 462 g/mol. The molecule has 0 saturated carbocycles. The lowest BCUT2D eigenvalue weighted by molar-refractivity contribution is 0.0601. The molecule has 35 heavy (non-hydrogen) atoms. The third-order valence-electron chi connectivity index (χ3n) is 5.96. The average Bonchev–Trinajstić information content (AvgIpc) is 3.53. The zero-order valence-corrected chi connectivity index (χ0v) is 20.0. The number of hydrogen-bond acceptors (Lipinski definition) is 6. The van der Waals surface area contributed by atoms with Crippen LogP contribution in [-0.4, -0.2) is 30.3 Å². The van der Waals surface area contributed by atoms with Gasteiger partial charge in [0.2, 0.25) is 0 Å². The second-order valence-corrected chi connectivity index (χ2v) is 8.32. The summed E-state index contributed by atoms with van der Waals surface area (Å²) in [6, 6.07) is 23.9. The first kappa shape index (κ1) is 22.6. The Morgan fingerprint density at radius 1 is 1.00 bits per heavy atom. The van der Waals surface area contributed by atoms with E-state index in [1.807, 2.05) is 71.6 Å². The number of nitrogens with one attached hydrogen (secondary N) is 1. The predicted octanol–water partition coefficient (Wildman–Crippen LogP) is 5.31. The fourth-order valence-corrected chi connectivity index (χ4v) is 4.65. The second kappa shape index (κ2) is 9.60. The van der Waals surface area contributed by atoms with Crippen molar-refractivity contribution in [1.82, 2.24) is 10.3 Å². The topological polar surface area (TPSA) is 76.8 Å². The molecule has 0 unspecified atom stereocenters. The highest BCUT2D eigenvalue weighted by Gasteiger charge is 2.42. The van der Waals surface area contributed by atoms with Crippen LogP contribution in [0.1, 0.15) is 33.9 Å². The molecule has 8 heteroatoms. The number of ether oxygens (including phenoxy) is 2. The highest BCUT2D eigenvalue weighted by atomic mass is 32.1. The molecule has 2 aromatic heterocycles. The van der Waals surface area contributed by atoms with Gasteiger partial charge in [-0.05, 0) is 66.8 Å². The maximum absolute atomic E-state index is 12.3. The second-order valence-electron chi connectivity index (χ2n) is 7.93. The number of pyridine rings is 1. The molecule has 4 aromatic rings. The Morgan fingerprint density at radius 3 is 2.49 bits per heavy atom. The number of rotatable bonds is 6. The van der Waals surface area contributed by atoms with Crippen molar-refractivity contribution < 1.29 is 18.7 Å². The minimum atomic E-state index is -0.423. The lowest BCUT2D eigenvalue weighted by atomic mass is 10.0. The van der Waals surface area contributed by atoms with Crippen LogP contribution in [0.2, 0.25) is 0 Å². The third-order valence-corrected chi connectivity index (χ3v) is 6.28. The molecule has 0 amide bonds. The number of hydrogen-bond donors (Lipinski definition) is 1. The molecule has 1 aliphatic heterocycles. The molecule has 3 heterocycles. The van der Waals surface area contributed by atoms with Crippen LogP contribution in [0.4, 0.5) is 5.69 Å². The summed E-state index contributed by atoms with van der Waals surface area (Å²) in [5.41, 5.74) is 2.82. The molecule has 5 rings (SSSR count). The Bertz CT molecular complexity index is 1350. The summed E-state index contributed by atoms with van der Waals surface area (Å²) in [6.45, 7) is 0. The first-order chi connectivity index (χ1) is 17.1. The molecule has 176 valence electrons. The summed E-state index contributed by atoms with van der Waals surface area (Å²) >= 11 is 5.76. The number of carbonyl (C=O) groups is 1. The number of anilines is 1. The quantitative estimate of drug-likeness (QED) is 0.291. The van der Waals surface area contributed by atoms with Gasteiger partial charge in [0.15, 0.2) is 5.11 Å². The molecule has 2 aromatic carbocycles. The molecular formula is C27H23N3O4S. The summed E-state index contributed by atoms with van der Waals surface area (Å²) in [5.74, 6) is 1.57. The van der Waals surface area contributed by atoms with Crippen molar-refractivity contribution in [2.75, 3.05) is 19.1 Å². The summed E-state index contributed by atoms with van der Waals surface area (Å²) < 4.78 is 16.7. The van der Waals surface area contributed by atoms with E-state index >= 15 is 0 Å². The van der Waals surface area contributed by atoms with Crippen molar-refractivity contribution in [3.63, 3.8) is 0 Å². The van der Waals surface area contributed by atoms with E-state index in [2.05, 4.69) is 10.3 Å². The Hall–Kier alpha value is -4.17. The monoisotopic (exact) mass is 485 g/mol. The van der Waals surface area contributed by atoms with Crippen LogP contribution in [0, 0.1) is 0 Å². The van der Waals surface area contributed by atoms with Crippen LogP contribution in [0.5, 0.6) is 5.75 Å². The number of furan rings is 1. The number of nitrogens with zero attached hydrogens (tertiary/aromatic N) is 2. The van der Waals surface area contributed by atoms with Gasteiger partial charge in [0.05, 0.1) is 31.5 Å². The van der Waals surface area contributed by atoms with E-state index in [1.165, 1.54) is 7.11 Å². The molecule has 1 N–H and O–H groups in total. The number of aromatic nitrogens is 1. The number of carbonyl (C=O) groups excluding carboxylic acids is 1. The van der Waals surface area contributed by atoms with Crippen molar-refractivity contribution in [3.8, 4) is 17.1 Å². The molecule has 0 bridgehead atoms. The van der Waals surface area contributed by atoms with Crippen molar-refractivity contribution >= 4 is 29.0 Å². The van der Waals surface area contributed by atoms with Crippen LogP contribution in [-0.2, 0) is 4.74 Å². The van der Waals surface area contributed by atoms with Gasteiger partial charge in [-0.2, -0.15) is 0 Å². The Labute approximate surface area is 208 Å². The molecule has 1 aliphatic rings. The Kier molecular flexibility index (Phi) is 6.20. The first-order valence-corrected chi connectivity index (χ1v) is 11.4. The lowest BCUT2D eigenvalue weighted by Gasteiger charge is -2.26. The molecule has 0 aliphatic carbocycles. The number of methoxy groups -OCH3 is 2. The number of benzene rings is 2. The van der Waals surface area contributed by atoms with Gasteiger partial charge in [-0.25, -0.2) is 4.79 Å². The molecule has 1 fully saturated rings. The van der Waals surface area contributed by atoms with Crippen molar-refractivity contribution in [2.45, 2.75) is 12.1 Å². The zero-order chi connectivity index (χ0) is 24.4. The third kappa shape index (κ3) is 4.24. The highest BCUT2D eigenvalue weighted by molar-refractivity contribution is 7.80. The van der Waals surface area contributed by atoms with Gasteiger partial charge in [-0.1, -0.05) is 24.3 Å². The van der Waals surface area contributed by atoms with Crippen molar-refractivity contribution in [1.29, 1.82) is 0 Å². The lowest BCUT2D eigenvalue weighted by Crippen LogP contribution is -2.29. The largest absolute Gasteiger partial charge is 0.497 e. The predicted molar refractivity (Wildman–Crippen MR) is 136 cm³/mol. The highest BCUT2D eigenvalue weighted by Crippen LogP contribution is 2.43. The van der Waals surface area contributed by atoms with Gasteiger partial charge < -0.3 is 24.1 Å². The summed E-state index contributed by atoms with van der Waals surface area (Å²) in [5, 5.41) is 3.97. The summed E-state index contributed by atoms with van der Waals surface area (Å²) in [4.78, 5) is 18.9. The maximum Gasteiger partial charge on any atom is 0.338 e. The van der Waals surface area contributed by atoms with E-state index in [9.17, 15) is 4.79 Å². The summed E-state index contributed by atoms with van der Waals surface area (Å²) in [7, 11) is 3.00. The van der Waals surface area contributed by atoms with Crippen LogP contribution in [0.3, 0.4) is 0 Å². The molecule has 7 nitrogen and oxygen atoms in total. The van der Waals surface area contributed by atoms with E-state index < -0.39 is 5.97 Å². The molecule has 0 radical (unpaired) electrons. The SMILES string of the molecule is COC(=O)c1ccccc1-c1ccc([C@@H]2[C@@H](c3ccccn3)NC(=S)N2c2ccc(OC)cc2)o1. The fourth-order valence-electron chi connectivity index (χ4n) is 4.31. The summed E-state index contributed by atoms with van der Waals surface area (Å²) in [6.07, 6.45) is 1.76. The molecule has 2 atom stereocenters. The maximum atomic E-state index is 12.3. The number of thiocarbonyl (C=S) groups is 1. The van der Waals surface area contributed by atoms with E-state index in [4.69, 9.17) is 26.1 Å². The van der Waals surface area contributed by atoms with Crippen LogP contribution in [0.25, 0.3) is 11.3 Å². The van der Waals surface area contributed by atoms with E-state index in [1.54, 1.807) is 25.4 Å². The normalized spacial score (nSPS) is 17.2. The van der Waals surface area contributed by atoms with Gasteiger partial charge in [-0.3, -0.25) is 4.98 Å². The minimum absolute atomic E-state index is 0.249. The average molecular weight is 486 g/mol. The van der Waals surface area contributed by atoms with Gasteiger partial charge >= 0.3 is 5.97 Å². The minimum Gasteiger partial charge on any atom is -0.497 e. The molecule has 0 spiro atoms.